The van der Waals surface area contributed by atoms with E-state index in [1.165, 1.54) is 29.8 Å². The zero-order valence-corrected chi connectivity index (χ0v) is 19.5. The third-order valence-electron chi connectivity index (χ3n) is 4.29. The van der Waals surface area contributed by atoms with E-state index in [0.29, 0.717) is 5.69 Å². The lowest BCUT2D eigenvalue weighted by Crippen LogP contribution is -2.38. The molecule has 0 aliphatic carbocycles. The molecular weight excluding hydrogens is 460 g/mol. The molecule has 1 amide bonds. The highest BCUT2D eigenvalue weighted by molar-refractivity contribution is 7.92. The lowest BCUT2D eigenvalue weighted by Gasteiger charge is -2.16. The Morgan fingerprint density at radius 2 is 1.94 bits per heavy atom. The molecule has 0 saturated carbocycles. The van der Waals surface area contributed by atoms with Gasteiger partial charge in [-0.15, -0.1) is 12.4 Å². The van der Waals surface area contributed by atoms with Crippen LogP contribution in [0.2, 0.25) is 0 Å². The van der Waals surface area contributed by atoms with Crippen LogP contribution in [0, 0.1) is 19.3 Å². The zero-order chi connectivity index (χ0) is 23.2. The molecule has 1 aromatic heterocycles. The number of nitrogens with zero attached hydrogens (tertiary/aromatic N) is 2. The molecule has 0 bridgehead atoms. The molecule has 1 heterocycles. The Morgan fingerprint density at radius 1 is 1.25 bits per heavy atom. The number of hydroxylamine groups is 2. The van der Waals surface area contributed by atoms with E-state index in [2.05, 4.69) is 10.0 Å². The van der Waals surface area contributed by atoms with Crippen LogP contribution in [-0.2, 0) is 26.2 Å². The van der Waals surface area contributed by atoms with Gasteiger partial charge in [0, 0.05) is 19.3 Å². The van der Waals surface area contributed by atoms with Crippen LogP contribution in [0.25, 0.3) is 0 Å². The van der Waals surface area contributed by atoms with Crippen LogP contribution in [0.5, 0.6) is 0 Å². The number of hydrogen-bond acceptors (Lipinski definition) is 6. The van der Waals surface area contributed by atoms with Gasteiger partial charge in [0.2, 0.25) is 11.9 Å². The number of nitrogens with one attached hydrogen (secondary N) is 3. The van der Waals surface area contributed by atoms with Gasteiger partial charge >= 0.3 is 0 Å². The summed E-state index contributed by atoms with van der Waals surface area (Å²) >= 11 is 0. The predicted octanol–water partition coefficient (Wildman–Crippen LogP) is 0.561. The number of hydrogen-bond donors (Lipinski definition) is 4. The van der Waals surface area contributed by atoms with Gasteiger partial charge in [0.05, 0.1) is 11.5 Å². The Hall–Kier alpha value is -3.09. The van der Waals surface area contributed by atoms with Crippen LogP contribution in [0.4, 0.5) is 5.69 Å². The summed E-state index contributed by atoms with van der Waals surface area (Å²) in [6, 6.07) is 9.22. The molecule has 0 unspecified atom stereocenters. The molecule has 0 spiro atoms. The standard InChI is InChI=1S/C19H26N6O5S.ClH/c1-13-5-4-6-15(11-13)31(28,29)23-16-8-7-14(2)25(18(16)27)12-17(26)22-9-10-30-24(3)19(20)21;/h4-8,11,23H,9-10,12H2,1-3H3,(H3,20,21)(H,22,26);1H. The second-order valence-corrected chi connectivity index (χ2v) is 8.45. The van der Waals surface area contributed by atoms with Gasteiger partial charge in [-0.25, -0.2) is 13.5 Å². The summed E-state index contributed by atoms with van der Waals surface area (Å²) in [7, 11) is -2.51. The first kappa shape index (κ1) is 26.9. The topological polar surface area (TPSA) is 160 Å². The third kappa shape index (κ3) is 7.25. The minimum Gasteiger partial charge on any atom is -0.368 e. The number of amides is 1. The number of anilines is 1. The molecule has 0 atom stereocenters. The highest BCUT2D eigenvalue weighted by atomic mass is 35.5. The van der Waals surface area contributed by atoms with Crippen molar-refractivity contribution in [3.05, 3.63) is 58.0 Å². The van der Waals surface area contributed by atoms with Crippen LogP contribution in [0.15, 0.2) is 46.1 Å². The number of carbonyl (C=O) groups excluding carboxylic acids is 1. The summed E-state index contributed by atoms with van der Waals surface area (Å²) in [4.78, 5) is 30.1. The van der Waals surface area contributed by atoms with Gasteiger partial charge < -0.3 is 15.6 Å². The lowest BCUT2D eigenvalue weighted by atomic mass is 10.2. The first-order valence-electron chi connectivity index (χ1n) is 9.28. The maximum Gasteiger partial charge on any atom is 0.275 e. The summed E-state index contributed by atoms with van der Waals surface area (Å²) in [5.74, 6) is -0.739. The van der Waals surface area contributed by atoms with E-state index in [-0.39, 0.29) is 48.6 Å². The largest absolute Gasteiger partial charge is 0.368 e. The summed E-state index contributed by atoms with van der Waals surface area (Å²) < 4.78 is 28.7. The van der Waals surface area contributed by atoms with Gasteiger partial charge in [0.25, 0.3) is 15.6 Å². The van der Waals surface area contributed by atoms with Crippen molar-refractivity contribution in [1.29, 1.82) is 5.41 Å². The van der Waals surface area contributed by atoms with Gasteiger partial charge in [-0.3, -0.25) is 24.6 Å². The summed E-state index contributed by atoms with van der Waals surface area (Å²) in [6.07, 6.45) is 0. The number of aromatic nitrogens is 1. The molecule has 0 radical (unpaired) electrons. The lowest BCUT2D eigenvalue weighted by molar-refractivity contribution is -0.123. The van der Waals surface area contributed by atoms with E-state index in [9.17, 15) is 18.0 Å². The fourth-order valence-electron chi connectivity index (χ4n) is 2.57. The van der Waals surface area contributed by atoms with Gasteiger partial charge in [0.15, 0.2) is 0 Å². The molecule has 11 nitrogen and oxygen atoms in total. The average molecular weight is 487 g/mol. The first-order valence-corrected chi connectivity index (χ1v) is 10.8. The van der Waals surface area contributed by atoms with Crippen LogP contribution in [0.1, 0.15) is 11.3 Å². The average Bonchev–Trinajstić information content (AvgIpc) is 2.70. The number of benzene rings is 1. The van der Waals surface area contributed by atoms with Crippen molar-refractivity contribution in [2.45, 2.75) is 25.3 Å². The number of rotatable bonds is 9. The molecule has 0 aliphatic heterocycles. The Kier molecular flexibility index (Phi) is 9.69. The van der Waals surface area contributed by atoms with Crippen molar-refractivity contribution in [3.8, 4) is 0 Å². The SMILES string of the molecule is Cc1cccc(S(=O)(=O)Nc2ccc(C)n(CC(=O)NCCON(C)C(=N)N)c2=O)c1.Cl. The second kappa shape index (κ2) is 11.5. The van der Waals surface area contributed by atoms with E-state index in [1.807, 2.05) is 0 Å². The van der Waals surface area contributed by atoms with Crippen molar-refractivity contribution < 1.29 is 18.0 Å². The zero-order valence-electron chi connectivity index (χ0n) is 17.9. The molecule has 2 rings (SSSR count). The molecule has 0 aliphatic rings. The van der Waals surface area contributed by atoms with Gasteiger partial charge in [-0.1, -0.05) is 12.1 Å². The molecular formula is C19H27ClN6O5S. The van der Waals surface area contributed by atoms with Crippen LogP contribution in [-0.4, -0.2) is 50.1 Å². The maximum atomic E-state index is 12.8. The van der Waals surface area contributed by atoms with Gasteiger partial charge in [-0.2, -0.15) is 0 Å². The Morgan fingerprint density at radius 3 is 2.56 bits per heavy atom. The normalized spacial score (nSPS) is 10.7. The second-order valence-electron chi connectivity index (χ2n) is 6.77. The Labute approximate surface area is 192 Å². The van der Waals surface area contributed by atoms with Gasteiger partial charge in [0.1, 0.15) is 12.2 Å². The minimum atomic E-state index is -3.96. The predicted molar refractivity (Wildman–Crippen MR) is 123 cm³/mol. The first-order chi connectivity index (χ1) is 14.5. The smallest absolute Gasteiger partial charge is 0.275 e. The summed E-state index contributed by atoms with van der Waals surface area (Å²) in [6.45, 7) is 3.31. The molecule has 1 aromatic carbocycles. The van der Waals surface area contributed by atoms with Crippen molar-refractivity contribution in [2.24, 2.45) is 5.73 Å². The quantitative estimate of drug-likeness (QED) is 0.174. The number of pyridine rings is 1. The molecule has 0 saturated heterocycles. The number of guanidine groups is 1. The fourth-order valence-corrected chi connectivity index (χ4v) is 3.73. The van der Waals surface area contributed by atoms with Crippen molar-refractivity contribution in [3.63, 3.8) is 0 Å². The molecule has 13 heteroatoms. The third-order valence-corrected chi connectivity index (χ3v) is 5.65. The summed E-state index contributed by atoms with van der Waals surface area (Å²) in [5, 5.41) is 10.8. The van der Waals surface area contributed by atoms with E-state index in [0.717, 1.165) is 10.6 Å². The molecule has 176 valence electrons. The fraction of sp³-hybridized carbons (Fsp3) is 0.316. The monoisotopic (exact) mass is 486 g/mol. The molecule has 2 aromatic rings. The van der Waals surface area contributed by atoms with Crippen molar-refractivity contribution >= 4 is 40.0 Å². The number of halogens is 1. The molecule has 0 fully saturated rings. The van der Waals surface area contributed by atoms with Crippen LogP contribution in [0.3, 0.4) is 0 Å². The van der Waals surface area contributed by atoms with Crippen molar-refractivity contribution in [1.82, 2.24) is 14.9 Å². The van der Waals surface area contributed by atoms with E-state index >= 15 is 0 Å². The van der Waals surface area contributed by atoms with Gasteiger partial charge in [-0.05, 0) is 43.7 Å². The van der Waals surface area contributed by atoms with E-state index in [4.69, 9.17) is 16.0 Å². The highest BCUT2D eigenvalue weighted by Gasteiger charge is 2.18. The number of aryl methyl sites for hydroxylation is 2. The number of nitrogens with two attached hydrogens (primary N) is 1. The summed E-state index contributed by atoms with van der Waals surface area (Å²) in [5.41, 5.74) is 5.68. The Bertz CT molecular complexity index is 1140. The molecule has 32 heavy (non-hydrogen) atoms. The molecule has 5 N–H and O–H groups in total. The maximum absolute atomic E-state index is 12.8. The van der Waals surface area contributed by atoms with Crippen molar-refractivity contribution in [2.75, 3.05) is 24.9 Å². The minimum absolute atomic E-state index is 0. The van der Waals surface area contributed by atoms with E-state index < -0.39 is 21.5 Å². The highest BCUT2D eigenvalue weighted by Crippen LogP contribution is 2.15. The van der Waals surface area contributed by atoms with E-state index in [1.54, 1.807) is 32.0 Å². The Balaban J connectivity index is 0.00000512. The number of carbonyl (C=O) groups is 1. The van der Waals surface area contributed by atoms with Crippen LogP contribution < -0.4 is 21.3 Å². The number of sulfonamides is 1. The van der Waals surface area contributed by atoms with Crippen LogP contribution >= 0.6 is 12.4 Å².